The lowest BCUT2D eigenvalue weighted by atomic mass is 10.1. The van der Waals surface area contributed by atoms with E-state index in [9.17, 15) is 9.70 Å². The fourth-order valence-electron chi connectivity index (χ4n) is 1.75. The molecule has 0 fully saturated rings. The molecule has 1 atom stereocenters. The van der Waals surface area contributed by atoms with Gasteiger partial charge in [0, 0.05) is 32.7 Å². The normalized spacial score (nSPS) is 11.9. The molecule has 0 saturated heterocycles. The van der Waals surface area contributed by atoms with Crippen LogP contribution in [0.25, 0.3) is 11.3 Å². The minimum absolute atomic E-state index is 0.0537. The van der Waals surface area contributed by atoms with Crippen LogP contribution < -0.4 is 5.32 Å². The SMILES string of the molecule is Cc1sc(N[C@@H](CSN=O)C(=O)O)nc1-c1ccccc1. The molecule has 0 aliphatic carbocycles. The van der Waals surface area contributed by atoms with Crippen molar-refractivity contribution in [1.82, 2.24) is 4.98 Å². The number of hydrogen-bond donors (Lipinski definition) is 2. The first-order chi connectivity index (χ1) is 10.1. The lowest BCUT2D eigenvalue weighted by Gasteiger charge is -2.10. The van der Waals surface area contributed by atoms with Gasteiger partial charge in [0.2, 0.25) is 0 Å². The van der Waals surface area contributed by atoms with Gasteiger partial charge in [0.25, 0.3) is 0 Å². The number of hydrogen-bond acceptors (Lipinski definition) is 7. The Morgan fingerprint density at radius 3 is 2.81 bits per heavy atom. The third-order valence-electron chi connectivity index (χ3n) is 2.73. The van der Waals surface area contributed by atoms with Gasteiger partial charge in [0.1, 0.15) is 6.04 Å². The van der Waals surface area contributed by atoms with Crippen LogP contribution in [0.2, 0.25) is 0 Å². The van der Waals surface area contributed by atoms with Crippen molar-refractivity contribution in [1.29, 1.82) is 0 Å². The van der Waals surface area contributed by atoms with Gasteiger partial charge >= 0.3 is 5.97 Å². The number of nitrogens with zero attached hydrogens (tertiary/aromatic N) is 2. The van der Waals surface area contributed by atoms with Crippen LogP contribution in [0.4, 0.5) is 5.13 Å². The van der Waals surface area contributed by atoms with Crippen LogP contribution in [0.3, 0.4) is 0 Å². The molecule has 0 amide bonds. The smallest absolute Gasteiger partial charge is 0.327 e. The fraction of sp³-hybridized carbons (Fsp3) is 0.231. The maximum Gasteiger partial charge on any atom is 0.327 e. The standard InChI is InChI=1S/C13H13N3O3S2/c1-8-11(9-5-3-2-4-6-9)15-13(21-8)14-10(12(17)18)7-20-16-19/h2-6,10H,7H2,1H3,(H,14,15)(H,17,18)/t10-/m0/s1. The van der Waals surface area contributed by atoms with Crippen LogP contribution in [0.15, 0.2) is 34.9 Å². The summed E-state index contributed by atoms with van der Waals surface area (Å²) in [7, 11) is 0. The Labute approximate surface area is 129 Å². The Hall–Kier alpha value is -1.93. The lowest BCUT2D eigenvalue weighted by molar-refractivity contribution is -0.137. The third kappa shape index (κ3) is 4.02. The summed E-state index contributed by atoms with van der Waals surface area (Å²) in [4.78, 5) is 26.7. The second-order valence-corrected chi connectivity index (χ2v) is 6.14. The van der Waals surface area contributed by atoms with Crippen molar-refractivity contribution in [3.8, 4) is 11.3 Å². The molecule has 0 spiro atoms. The number of aryl methyl sites for hydroxylation is 1. The molecule has 1 aromatic carbocycles. The summed E-state index contributed by atoms with van der Waals surface area (Å²) in [6.45, 7) is 1.93. The number of nitroso groups, excluding NO2 is 1. The van der Waals surface area contributed by atoms with Gasteiger partial charge in [-0.3, -0.25) is 0 Å². The monoisotopic (exact) mass is 323 g/mol. The van der Waals surface area contributed by atoms with Gasteiger partial charge < -0.3 is 10.4 Å². The first kappa shape index (κ1) is 15.5. The highest BCUT2D eigenvalue weighted by Crippen LogP contribution is 2.30. The van der Waals surface area contributed by atoms with Crippen LogP contribution in [0, 0.1) is 11.8 Å². The van der Waals surface area contributed by atoms with Crippen molar-refractivity contribution in [2.75, 3.05) is 11.1 Å². The van der Waals surface area contributed by atoms with Crippen LogP contribution in [-0.4, -0.2) is 27.9 Å². The number of carboxylic acids is 1. The Morgan fingerprint density at radius 2 is 2.19 bits per heavy atom. The maximum absolute atomic E-state index is 11.1. The van der Waals surface area contributed by atoms with Crippen LogP contribution in [0.1, 0.15) is 4.88 Å². The van der Waals surface area contributed by atoms with E-state index in [-0.39, 0.29) is 5.75 Å². The number of nitrogens with one attached hydrogen (secondary N) is 1. The number of thiazole rings is 1. The molecule has 0 aliphatic heterocycles. The molecular formula is C13H13N3O3S2. The predicted octanol–water partition coefficient (Wildman–Crippen LogP) is 3.40. The number of carboxylic acid groups (broad SMARTS) is 1. The number of carbonyl (C=O) groups is 1. The van der Waals surface area contributed by atoms with E-state index in [1.54, 1.807) is 0 Å². The molecule has 0 bridgehead atoms. The topological polar surface area (TPSA) is 91.7 Å². The van der Waals surface area contributed by atoms with Gasteiger partial charge in [-0.15, -0.1) is 16.2 Å². The molecule has 2 rings (SSSR count). The summed E-state index contributed by atoms with van der Waals surface area (Å²) >= 11 is 2.06. The number of benzene rings is 1. The predicted molar refractivity (Wildman–Crippen MR) is 85.6 cm³/mol. The van der Waals surface area contributed by atoms with Gasteiger partial charge in [0.15, 0.2) is 5.13 Å². The van der Waals surface area contributed by atoms with Gasteiger partial charge in [-0.1, -0.05) is 30.3 Å². The average molecular weight is 323 g/mol. The number of rotatable bonds is 7. The molecule has 21 heavy (non-hydrogen) atoms. The van der Waals surface area contributed by atoms with Crippen molar-refractivity contribution in [3.05, 3.63) is 40.1 Å². The van der Waals surface area contributed by atoms with E-state index < -0.39 is 12.0 Å². The first-order valence-corrected chi connectivity index (χ1v) is 7.84. The summed E-state index contributed by atoms with van der Waals surface area (Å²) in [5, 5.41) is 12.5. The van der Waals surface area contributed by atoms with Gasteiger partial charge in [-0.05, 0) is 6.92 Å². The Balaban J connectivity index is 2.18. The van der Waals surface area contributed by atoms with Crippen molar-refractivity contribution in [3.63, 3.8) is 0 Å². The van der Waals surface area contributed by atoms with E-state index in [2.05, 4.69) is 14.9 Å². The molecule has 110 valence electrons. The van der Waals surface area contributed by atoms with Crippen LogP contribution in [-0.2, 0) is 4.79 Å². The molecule has 0 unspecified atom stereocenters. The van der Waals surface area contributed by atoms with E-state index >= 15 is 0 Å². The molecule has 1 heterocycles. The Bertz CT molecular complexity index is 631. The van der Waals surface area contributed by atoms with E-state index in [1.165, 1.54) is 11.3 Å². The summed E-state index contributed by atoms with van der Waals surface area (Å²) in [5.74, 6) is -0.988. The molecule has 1 aromatic heterocycles. The largest absolute Gasteiger partial charge is 0.480 e. The van der Waals surface area contributed by atoms with Crippen LogP contribution in [0.5, 0.6) is 0 Å². The Kier molecular flexibility index (Phi) is 5.29. The van der Waals surface area contributed by atoms with Crippen molar-refractivity contribution < 1.29 is 9.90 Å². The minimum atomic E-state index is -1.04. The van der Waals surface area contributed by atoms with Crippen molar-refractivity contribution in [2.24, 2.45) is 4.58 Å². The quantitative estimate of drug-likeness (QED) is 0.599. The zero-order valence-corrected chi connectivity index (χ0v) is 12.8. The van der Waals surface area contributed by atoms with E-state index in [1.807, 2.05) is 37.3 Å². The third-order valence-corrected chi connectivity index (χ3v) is 4.22. The summed E-state index contributed by atoms with van der Waals surface area (Å²) in [6.07, 6.45) is 0. The van der Waals surface area contributed by atoms with Crippen molar-refractivity contribution >= 4 is 34.4 Å². The fourth-order valence-corrected chi connectivity index (χ4v) is 3.07. The van der Waals surface area contributed by atoms with E-state index in [0.29, 0.717) is 17.1 Å². The second-order valence-electron chi connectivity index (χ2n) is 4.20. The zero-order chi connectivity index (χ0) is 15.2. The summed E-state index contributed by atoms with van der Waals surface area (Å²) in [6, 6.07) is 8.77. The number of aliphatic carboxylic acids is 1. The number of aromatic nitrogens is 1. The molecule has 2 N–H and O–H groups in total. The van der Waals surface area contributed by atoms with Gasteiger partial charge in [0.05, 0.1) is 5.69 Å². The second kappa shape index (κ2) is 7.19. The molecule has 2 aromatic rings. The zero-order valence-electron chi connectivity index (χ0n) is 11.1. The summed E-state index contributed by atoms with van der Waals surface area (Å²) < 4.78 is 2.62. The van der Waals surface area contributed by atoms with E-state index in [4.69, 9.17) is 5.11 Å². The first-order valence-electron chi connectivity index (χ1n) is 6.08. The highest BCUT2D eigenvalue weighted by molar-refractivity contribution is 7.97. The lowest BCUT2D eigenvalue weighted by Crippen LogP contribution is -2.31. The highest BCUT2D eigenvalue weighted by Gasteiger charge is 2.20. The van der Waals surface area contributed by atoms with Gasteiger partial charge in [-0.25, -0.2) is 9.78 Å². The number of anilines is 1. The van der Waals surface area contributed by atoms with Crippen molar-refractivity contribution in [2.45, 2.75) is 13.0 Å². The molecule has 8 heteroatoms. The molecule has 0 radical (unpaired) electrons. The summed E-state index contributed by atoms with van der Waals surface area (Å²) in [5.41, 5.74) is 1.81. The molecular weight excluding hydrogens is 310 g/mol. The van der Waals surface area contributed by atoms with Gasteiger partial charge in [-0.2, -0.15) is 0 Å². The highest BCUT2D eigenvalue weighted by atomic mass is 32.2. The average Bonchev–Trinajstić information content (AvgIpc) is 2.85. The maximum atomic E-state index is 11.1. The molecule has 0 saturated carbocycles. The van der Waals surface area contributed by atoms with Crippen LogP contribution >= 0.6 is 23.3 Å². The molecule has 0 aliphatic rings. The molecule has 6 nitrogen and oxygen atoms in total. The Morgan fingerprint density at radius 1 is 1.48 bits per heavy atom. The van der Waals surface area contributed by atoms with E-state index in [0.717, 1.165) is 16.1 Å². The minimum Gasteiger partial charge on any atom is -0.480 e.